The van der Waals surface area contributed by atoms with E-state index in [9.17, 15) is 0 Å². The molecule has 0 atom stereocenters. The fourth-order valence-electron chi connectivity index (χ4n) is 0. The molecule has 0 heterocycles. The van der Waals surface area contributed by atoms with Gasteiger partial charge in [0.15, 0.2) is 0 Å². The van der Waals surface area contributed by atoms with Crippen molar-refractivity contribution in [3.63, 3.8) is 0 Å². The van der Waals surface area contributed by atoms with Gasteiger partial charge < -0.3 is 11.5 Å². The summed E-state index contributed by atoms with van der Waals surface area (Å²) in [6.07, 6.45) is 1.97. The minimum Gasteiger partial charge on any atom is -0.677 e. The molecule has 0 rings (SSSR count). The number of rotatable bonds is 2. The van der Waals surface area contributed by atoms with Crippen molar-refractivity contribution >= 4 is 0 Å². The summed E-state index contributed by atoms with van der Waals surface area (Å²) < 4.78 is 0. The standard InChI is InChI=1S/2C3H8N.Zn/c2*1-2-3-4;/h2*4H,2-3H2,1H3;/q2*-1;+2. The molecule has 9 heavy (non-hydrogen) atoms. The zero-order chi connectivity index (χ0) is 6.83. The van der Waals surface area contributed by atoms with Crippen LogP contribution in [0.2, 0.25) is 0 Å². The Kier molecular flexibility index (Phi) is 42.6. The Morgan fingerprint density at radius 1 is 0.889 bits per heavy atom. The normalized spacial score (nSPS) is 6.67. The third-order valence-corrected chi connectivity index (χ3v) is 0.500. The minimum atomic E-state index is 0. The summed E-state index contributed by atoms with van der Waals surface area (Å²) in [5.74, 6) is 0. The predicted molar refractivity (Wildman–Crippen MR) is 39.0 cm³/mol. The second kappa shape index (κ2) is 23.6. The molecule has 0 unspecified atom stereocenters. The van der Waals surface area contributed by atoms with E-state index in [2.05, 4.69) is 0 Å². The summed E-state index contributed by atoms with van der Waals surface area (Å²) in [7, 11) is 0. The van der Waals surface area contributed by atoms with E-state index in [4.69, 9.17) is 11.5 Å². The Morgan fingerprint density at radius 3 is 1.00 bits per heavy atom. The molecule has 0 saturated heterocycles. The van der Waals surface area contributed by atoms with Crippen LogP contribution >= 0.6 is 0 Å². The molecule has 52 valence electrons. The maximum absolute atomic E-state index is 6.45. The van der Waals surface area contributed by atoms with Gasteiger partial charge in [0.05, 0.1) is 0 Å². The number of hydrogen-bond acceptors (Lipinski definition) is 0. The van der Waals surface area contributed by atoms with Gasteiger partial charge in [-0.25, -0.2) is 0 Å². The van der Waals surface area contributed by atoms with Crippen LogP contribution in [0.4, 0.5) is 0 Å². The largest absolute Gasteiger partial charge is 2.00 e. The molecule has 0 radical (unpaired) electrons. The minimum absolute atomic E-state index is 0. The molecule has 0 aromatic rings. The second-order valence-electron chi connectivity index (χ2n) is 1.50. The molecule has 3 heteroatoms. The summed E-state index contributed by atoms with van der Waals surface area (Å²) >= 11 is 0. The van der Waals surface area contributed by atoms with Gasteiger partial charge in [0, 0.05) is 0 Å². The van der Waals surface area contributed by atoms with E-state index in [1.807, 2.05) is 13.8 Å². The molecule has 0 saturated carbocycles. The first-order valence-electron chi connectivity index (χ1n) is 3.12. The van der Waals surface area contributed by atoms with Crippen LogP contribution < -0.4 is 0 Å². The number of nitrogens with one attached hydrogen (secondary N) is 2. The van der Waals surface area contributed by atoms with Gasteiger partial charge in [0.25, 0.3) is 0 Å². The maximum Gasteiger partial charge on any atom is 2.00 e. The Hall–Kier alpha value is 0.543. The van der Waals surface area contributed by atoms with Crippen LogP contribution in [-0.4, -0.2) is 13.1 Å². The first-order valence-corrected chi connectivity index (χ1v) is 3.12. The first-order chi connectivity index (χ1) is 3.83. The second-order valence-corrected chi connectivity index (χ2v) is 1.50. The van der Waals surface area contributed by atoms with Crippen LogP contribution in [-0.2, 0) is 19.5 Å². The Labute approximate surface area is 71.1 Å². The van der Waals surface area contributed by atoms with E-state index in [0.29, 0.717) is 13.1 Å². The first kappa shape index (κ1) is 16.3. The molecule has 2 N–H and O–H groups in total. The van der Waals surface area contributed by atoms with Gasteiger partial charge in [0.2, 0.25) is 0 Å². The van der Waals surface area contributed by atoms with Gasteiger partial charge in [-0.05, 0) is 0 Å². The molecule has 0 aromatic heterocycles. The van der Waals surface area contributed by atoms with E-state index < -0.39 is 0 Å². The summed E-state index contributed by atoms with van der Waals surface area (Å²) in [4.78, 5) is 0. The Balaban J connectivity index is -0.0000000720. The van der Waals surface area contributed by atoms with Gasteiger partial charge in [0.1, 0.15) is 0 Å². The van der Waals surface area contributed by atoms with Crippen molar-refractivity contribution in [1.29, 1.82) is 0 Å². The van der Waals surface area contributed by atoms with Crippen molar-refractivity contribution in [1.82, 2.24) is 0 Å². The van der Waals surface area contributed by atoms with E-state index in [1.54, 1.807) is 0 Å². The van der Waals surface area contributed by atoms with Crippen LogP contribution in [0.25, 0.3) is 11.5 Å². The molecule has 0 spiro atoms. The quantitative estimate of drug-likeness (QED) is 0.589. The monoisotopic (exact) mass is 180 g/mol. The van der Waals surface area contributed by atoms with Crippen molar-refractivity contribution in [2.24, 2.45) is 0 Å². The number of hydrogen-bond donors (Lipinski definition) is 0. The summed E-state index contributed by atoms with van der Waals surface area (Å²) in [6, 6.07) is 0. The fourth-order valence-corrected chi connectivity index (χ4v) is 0. The topological polar surface area (TPSA) is 47.6 Å². The van der Waals surface area contributed by atoms with Gasteiger partial charge in [-0.2, -0.15) is 13.1 Å². The maximum atomic E-state index is 6.45. The SMILES string of the molecule is CCC[NH-].CCC[NH-].[Zn+2]. The van der Waals surface area contributed by atoms with Crippen LogP contribution in [0.1, 0.15) is 26.7 Å². The molecule has 0 aliphatic rings. The summed E-state index contributed by atoms with van der Waals surface area (Å²) in [6.45, 7) is 5.12. The van der Waals surface area contributed by atoms with Gasteiger partial charge >= 0.3 is 19.5 Å². The van der Waals surface area contributed by atoms with E-state index in [1.165, 1.54) is 0 Å². The molecule has 0 aliphatic carbocycles. The van der Waals surface area contributed by atoms with Gasteiger partial charge in [-0.15, -0.1) is 0 Å². The third kappa shape index (κ3) is 56.5. The van der Waals surface area contributed by atoms with Crippen molar-refractivity contribution in [2.75, 3.05) is 13.1 Å². The summed E-state index contributed by atoms with van der Waals surface area (Å²) in [5, 5.41) is 0. The smallest absolute Gasteiger partial charge is 0.677 e. The van der Waals surface area contributed by atoms with E-state index in [-0.39, 0.29) is 19.5 Å². The molecule has 0 amide bonds. The van der Waals surface area contributed by atoms with Crippen LogP contribution in [0.3, 0.4) is 0 Å². The Bertz CT molecular complexity index is 19.0. The van der Waals surface area contributed by atoms with Gasteiger partial charge in [-0.3, -0.25) is 0 Å². The van der Waals surface area contributed by atoms with Crippen molar-refractivity contribution in [2.45, 2.75) is 26.7 Å². The average molecular weight is 182 g/mol. The van der Waals surface area contributed by atoms with E-state index >= 15 is 0 Å². The van der Waals surface area contributed by atoms with Crippen LogP contribution in [0, 0.1) is 0 Å². The molecule has 0 aromatic carbocycles. The summed E-state index contributed by atoms with van der Waals surface area (Å²) in [5.41, 5.74) is 12.9. The van der Waals surface area contributed by atoms with E-state index in [0.717, 1.165) is 12.8 Å². The molecule has 0 bridgehead atoms. The van der Waals surface area contributed by atoms with Crippen LogP contribution in [0.15, 0.2) is 0 Å². The molecule has 0 fully saturated rings. The zero-order valence-electron chi connectivity index (χ0n) is 6.54. The third-order valence-electron chi connectivity index (χ3n) is 0.500. The predicted octanol–water partition coefficient (Wildman–Crippen LogP) is 2.89. The molecular formula is C6H16N2Zn. The van der Waals surface area contributed by atoms with Crippen molar-refractivity contribution < 1.29 is 19.5 Å². The van der Waals surface area contributed by atoms with Crippen molar-refractivity contribution in [3.05, 3.63) is 11.5 Å². The Morgan fingerprint density at radius 2 is 1.00 bits per heavy atom. The molecule has 2 nitrogen and oxygen atoms in total. The fraction of sp³-hybridized carbons (Fsp3) is 1.00. The van der Waals surface area contributed by atoms with Crippen LogP contribution in [0.5, 0.6) is 0 Å². The van der Waals surface area contributed by atoms with Gasteiger partial charge in [-0.1, -0.05) is 26.7 Å². The molecular weight excluding hydrogens is 165 g/mol. The molecule has 0 aliphatic heterocycles. The average Bonchev–Trinajstić information content (AvgIpc) is 1.88. The zero-order valence-corrected chi connectivity index (χ0v) is 9.50. The van der Waals surface area contributed by atoms with Crippen molar-refractivity contribution in [3.8, 4) is 0 Å².